The summed E-state index contributed by atoms with van der Waals surface area (Å²) in [5.74, 6) is -0.197. The third-order valence-corrected chi connectivity index (χ3v) is 6.84. The van der Waals surface area contributed by atoms with Gasteiger partial charge in [0.2, 0.25) is 5.91 Å². The van der Waals surface area contributed by atoms with Crippen LogP contribution < -0.4 is 5.32 Å². The van der Waals surface area contributed by atoms with Crippen LogP contribution in [0.5, 0.6) is 0 Å². The van der Waals surface area contributed by atoms with E-state index in [2.05, 4.69) is 34.3 Å². The lowest BCUT2D eigenvalue weighted by Gasteiger charge is -2.34. The molecule has 0 spiro atoms. The molecule has 2 aromatic heterocycles. The highest BCUT2D eigenvalue weighted by molar-refractivity contribution is 7.21. The van der Waals surface area contributed by atoms with Gasteiger partial charge in [-0.2, -0.15) is 0 Å². The summed E-state index contributed by atoms with van der Waals surface area (Å²) in [6, 6.07) is 14.0. The van der Waals surface area contributed by atoms with Crippen molar-refractivity contribution in [2.75, 3.05) is 38.0 Å². The summed E-state index contributed by atoms with van der Waals surface area (Å²) in [4.78, 5) is 41.6. The maximum Gasteiger partial charge on any atom is 0.274 e. The molecule has 0 aliphatic carbocycles. The maximum atomic E-state index is 12.6. The van der Waals surface area contributed by atoms with E-state index in [-0.39, 0.29) is 18.4 Å². The average molecular weight is 473 g/mol. The summed E-state index contributed by atoms with van der Waals surface area (Å²) >= 11 is 1.67. The fourth-order valence-corrected chi connectivity index (χ4v) is 5.00. The van der Waals surface area contributed by atoms with Gasteiger partial charge in [0.1, 0.15) is 10.7 Å². The van der Waals surface area contributed by atoms with E-state index in [0.717, 1.165) is 21.8 Å². The normalized spacial score (nSPS) is 14.3. The molecule has 0 radical (unpaired) electrons. The van der Waals surface area contributed by atoms with Gasteiger partial charge in [0.15, 0.2) is 0 Å². The molecule has 0 saturated carbocycles. The van der Waals surface area contributed by atoms with E-state index in [9.17, 15) is 9.59 Å². The molecule has 8 nitrogen and oxygen atoms in total. The number of piperazine rings is 1. The van der Waals surface area contributed by atoms with E-state index < -0.39 is 0 Å². The van der Waals surface area contributed by atoms with Crippen LogP contribution in [0.2, 0.25) is 0 Å². The van der Waals surface area contributed by atoms with Gasteiger partial charge >= 0.3 is 0 Å². The number of hydrogen-bond acceptors (Lipinski definition) is 7. The van der Waals surface area contributed by atoms with E-state index in [1.165, 1.54) is 22.7 Å². The van der Waals surface area contributed by atoms with Gasteiger partial charge in [-0.05, 0) is 48.9 Å². The second-order valence-electron chi connectivity index (χ2n) is 8.27. The molecule has 1 aliphatic rings. The third kappa shape index (κ3) is 4.95. The Morgan fingerprint density at radius 1 is 1.03 bits per heavy atom. The number of aryl methyl sites for hydroxylation is 1. The number of aromatic nitrogens is 3. The summed E-state index contributed by atoms with van der Waals surface area (Å²) < 4.78 is 1.17. The van der Waals surface area contributed by atoms with Gasteiger partial charge in [0.25, 0.3) is 5.91 Å². The molecule has 0 bridgehead atoms. The van der Waals surface area contributed by atoms with Crippen molar-refractivity contribution in [3.63, 3.8) is 0 Å². The Kier molecular flexibility index (Phi) is 6.29. The molecule has 9 heteroatoms. The van der Waals surface area contributed by atoms with Crippen LogP contribution in [0.1, 0.15) is 16.1 Å². The number of carbonyl (C=O) groups excluding carboxylic acids is 2. The predicted molar refractivity (Wildman–Crippen MR) is 133 cm³/mol. The van der Waals surface area contributed by atoms with Crippen LogP contribution >= 0.6 is 11.3 Å². The number of nitrogens with one attached hydrogen (secondary N) is 1. The molecule has 1 saturated heterocycles. The fraction of sp³-hybridized carbons (Fsp3) is 0.240. The number of anilines is 1. The summed E-state index contributed by atoms with van der Waals surface area (Å²) in [6.45, 7) is 4.74. The first-order valence-corrected chi connectivity index (χ1v) is 11.9. The highest BCUT2D eigenvalue weighted by Gasteiger charge is 2.24. The predicted octanol–water partition coefficient (Wildman–Crippen LogP) is 3.46. The minimum absolute atomic E-state index is 0.0723. The molecule has 172 valence electrons. The first kappa shape index (κ1) is 22.1. The summed E-state index contributed by atoms with van der Waals surface area (Å²) in [6.07, 6.45) is 4.54. The Balaban J connectivity index is 1.13. The van der Waals surface area contributed by atoms with E-state index in [4.69, 9.17) is 4.98 Å². The average Bonchev–Trinajstić information content (AvgIpc) is 3.28. The Labute approximate surface area is 201 Å². The zero-order valence-corrected chi connectivity index (χ0v) is 19.6. The van der Waals surface area contributed by atoms with Gasteiger partial charge in [0.05, 0.1) is 23.0 Å². The van der Waals surface area contributed by atoms with Crippen molar-refractivity contribution in [1.82, 2.24) is 24.8 Å². The minimum Gasteiger partial charge on any atom is -0.335 e. The van der Waals surface area contributed by atoms with Crippen molar-refractivity contribution in [1.29, 1.82) is 0 Å². The Hall–Kier alpha value is -3.69. The number of thiazole rings is 1. The second kappa shape index (κ2) is 9.66. The van der Waals surface area contributed by atoms with Crippen LogP contribution in [-0.4, -0.2) is 69.3 Å². The van der Waals surface area contributed by atoms with Crippen LogP contribution in [0.25, 0.3) is 20.8 Å². The number of fused-ring (bicyclic) bond motifs is 1. The Morgan fingerprint density at radius 3 is 2.56 bits per heavy atom. The quantitative estimate of drug-likeness (QED) is 0.478. The van der Waals surface area contributed by atoms with Crippen molar-refractivity contribution in [2.24, 2.45) is 0 Å². The number of hydrogen-bond donors (Lipinski definition) is 1. The van der Waals surface area contributed by atoms with Gasteiger partial charge in [-0.3, -0.25) is 19.5 Å². The highest BCUT2D eigenvalue weighted by Crippen LogP contribution is 2.31. The number of nitrogens with zero attached hydrogens (tertiary/aromatic N) is 5. The van der Waals surface area contributed by atoms with Crippen LogP contribution in [0, 0.1) is 6.92 Å². The minimum atomic E-state index is -0.124. The molecule has 1 fully saturated rings. The lowest BCUT2D eigenvalue weighted by atomic mass is 10.2. The Bertz CT molecular complexity index is 1310. The SMILES string of the molecule is Cc1ccc2nc(-c3ccc(NC(=O)CN4CCN(C(=O)c5cnccn5)CC4)cc3)sc2c1. The summed E-state index contributed by atoms with van der Waals surface area (Å²) in [5, 5.41) is 3.93. The fourth-order valence-electron chi connectivity index (χ4n) is 3.94. The second-order valence-corrected chi connectivity index (χ2v) is 9.31. The van der Waals surface area contributed by atoms with Crippen molar-refractivity contribution >= 4 is 39.1 Å². The van der Waals surface area contributed by atoms with Gasteiger partial charge in [-0.15, -0.1) is 11.3 Å². The number of carbonyl (C=O) groups is 2. The van der Waals surface area contributed by atoms with Crippen molar-refractivity contribution in [2.45, 2.75) is 6.92 Å². The molecule has 0 unspecified atom stereocenters. The molecule has 3 heterocycles. The van der Waals surface area contributed by atoms with Gasteiger partial charge in [-0.25, -0.2) is 9.97 Å². The largest absolute Gasteiger partial charge is 0.335 e. The lowest BCUT2D eigenvalue weighted by Crippen LogP contribution is -2.50. The molecule has 1 N–H and O–H groups in total. The van der Waals surface area contributed by atoms with E-state index in [0.29, 0.717) is 31.9 Å². The molecule has 2 aromatic carbocycles. The van der Waals surface area contributed by atoms with E-state index in [1.54, 1.807) is 22.4 Å². The maximum absolute atomic E-state index is 12.6. The summed E-state index contributed by atoms with van der Waals surface area (Å²) in [7, 11) is 0. The first-order chi connectivity index (χ1) is 16.5. The third-order valence-electron chi connectivity index (χ3n) is 5.77. The zero-order valence-electron chi connectivity index (χ0n) is 18.8. The van der Waals surface area contributed by atoms with E-state index in [1.807, 2.05) is 35.2 Å². The molecule has 4 aromatic rings. The first-order valence-electron chi connectivity index (χ1n) is 11.1. The number of rotatable bonds is 5. The lowest BCUT2D eigenvalue weighted by molar-refractivity contribution is -0.117. The molecule has 34 heavy (non-hydrogen) atoms. The highest BCUT2D eigenvalue weighted by atomic mass is 32.1. The molecular weight excluding hydrogens is 448 g/mol. The van der Waals surface area contributed by atoms with Crippen LogP contribution in [-0.2, 0) is 4.79 Å². The van der Waals surface area contributed by atoms with Gasteiger partial charge in [0, 0.05) is 49.8 Å². The van der Waals surface area contributed by atoms with Gasteiger partial charge < -0.3 is 10.2 Å². The van der Waals surface area contributed by atoms with E-state index >= 15 is 0 Å². The van der Waals surface area contributed by atoms with Crippen molar-refractivity contribution in [3.8, 4) is 10.6 Å². The topological polar surface area (TPSA) is 91.3 Å². The molecule has 1 aliphatic heterocycles. The standard InChI is InChI=1S/C25H24N6O2S/c1-17-2-7-20-22(14-17)34-24(29-20)18-3-5-19(6-4-18)28-23(32)16-30-10-12-31(13-11-30)25(33)21-15-26-8-9-27-21/h2-9,14-15H,10-13,16H2,1H3,(H,28,32). The van der Waals surface area contributed by atoms with Crippen LogP contribution in [0.15, 0.2) is 61.1 Å². The molecule has 5 rings (SSSR count). The zero-order chi connectivity index (χ0) is 23.5. The molecular formula is C25H24N6O2S. The molecule has 2 amide bonds. The van der Waals surface area contributed by atoms with Crippen LogP contribution in [0.4, 0.5) is 5.69 Å². The van der Waals surface area contributed by atoms with Crippen molar-refractivity contribution < 1.29 is 9.59 Å². The number of benzene rings is 2. The number of amides is 2. The summed E-state index contributed by atoms with van der Waals surface area (Å²) in [5.41, 5.74) is 4.35. The van der Waals surface area contributed by atoms with Crippen LogP contribution in [0.3, 0.4) is 0 Å². The van der Waals surface area contributed by atoms with Gasteiger partial charge in [-0.1, -0.05) is 6.07 Å². The van der Waals surface area contributed by atoms with Crippen molar-refractivity contribution in [3.05, 3.63) is 72.3 Å². The monoisotopic (exact) mass is 472 g/mol. The molecule has 0 atom stereocenters. The Morgan fingerprint density at radius 2 is 1.82 bits per heavy atom. The smallest absolute Gasteiger partial charge is 0.274 e.